The van der Waals surface area contributed by atoms with Crippen molar-refractivity contribution in [3.63, 3.8) is 0 Å². The Kier molecular flexibility index (Phi) is 4.34. The molecule has 0 fully saturated rings. The number of rotatable bonds is 4. The van der Waals surface area contributed by atoms with Gasteiger partial charge in [0.25, 0.3) is 0 Å². The number of hydrogen-bond acceptors (Lipinski definition) is 2. The van der Waals surface area contributed by atoms with Crippen molar-refractivity contribution in [1.29, 1.82) is 0 Å². The summed E-state index contributed by atoms with van der Waals surface area (Å²) in [7, 11) is 0. The van der Waals surface area contributed by atoms with Gasteiger partial charge in [-0.2, -0.15) is 0 Å². The highest BCUT2D eigenvalue weighted by Crippen LogP contribution is 2.23. The normalized spacial score (nSPS) is 20.0. The molecular weight excluding hydrogens is 196 g/mol. The molecule has 2 atom stereocenters. The van der Waals surface area contributed by atoms with Crippen LogP contribution in [0.5, 0.6) is 0 Å². The predicted molar refractivity (Wildman–Crippen MR) is 71.3 cm³/mol. The molecule has 0 radical (unpaired) electrons. The van der Waals surface area contributed by atoms with Crippen LogP contribution >= 0.6 is 0 Å². The Bertz CT molecular complexity index is 313. The largest absolute Gasteiger partial charge is 0.331 e. The lowest BCUT2D eigenvalue weighted by molar-refractivity contribution is 0.267. The van der Waals surface area contributed by atoms with Crippen molar-refractivity contribution in [3.05, 3.63) is 24.7 Å². The van der Waals surface area contributed by atoms with Crippen molar-refractivity contribution in [3.8, 4) is 0 Å². The van der Waals surface area contributed by atoms with E-state index in [2.05, 4.69) is 50.4 Å². The minimum absolute atomic E-state index is 0.470. The van der Waals surface area contributed by atoms with Gasteiger partial charge in [0.2, 0.25) is 0 Å². The highest BCUT2D eigenvalue weighted by Gasteiger charge is 2.19. The third-order valence-electron chi connectivity index (χ3n) is 3.41. The lowest BCUT2D eigenvalue weighted by Crippen LogP contribution is -2.31. The molecule has 0 saturated heterocycles. The van der Waals surface area contributed by atoms with Gasteiger partial charge >= 0.3 is 0 Å². The van der Waals surface area contributed by atoms with Gasteiger partial charge in [0.1, 0.15) is 5.82 Å². The van der Waals surface area contributed by atoms with E-state index in [0.717, 1.165) is 23.4 Å². The monoisotopic (exact) mass is 220 g/mol. The van der Waals surface area contributed by atoms with Gasteiger partial charge in [-0.25, -0.2) is 4.99 Å². The molecule has 0 saturated carbocycles. The van der Waals surface area contributed by atoms with Crippen molar-refractivity contribution < 1.29 is 0 Å². The minimum Gasteiger partial charge on any atom is -0.331 e. The van der Waals surface area contributed by atoms with Gasteiger partial charge in [0, 0.05) is 18.0 Å². The zero-order valence-electron chi connectivity index (χ0n) is 11.2. The van der Waals surface area contributed by atoms with E-state index in [1.807, 2.05) is 13.0 Å². The highest BCUT2D eigenvalue weighted by molar-refractivity contribution is 5.94. The predicted octanol–water partition coefficient (Wildman–Crippen LogP) is 3.82. The van der Waals surface area contributed by atoms with E-state index in [4.69, 9.17) is 0 Å². The van der Waals surface area contributed by atoms with Crippen LogP contribution in [0, 0.1) is 11.8 Å². The van der Waals surface area contributed by atoms with Crippen molar-refractivity contribution in [2.24, 2.45) is 16.8 Å². The van der Waals surface area contributed by atoms with Crippen molar-refractivity contribution in [2.75, 3.05) is 0 Å². The molecule has 16 heavy (non-hydrogen) atoms. The first-order valence-electron chi connectivity index (χ1n) is 6.12. The zero-order valence-corrected chi connectivity index (χ0v) is 11.2. The second-order valence-electron chi connectivity index (χ2n) is 5.20. The summed E-state index contributed by atoms with van der Waals surface area (Å²) in [5.41, 5.74) is 1.03. The minimum atomic E-state index is 0.470. The molecule has 0 spiro atoms. The average Bonchev–Trinajstić information content (AvgIpc) is 2.16. The molecule has 90 valence electrons. The van der Waals surface area contributed by atoms with E-state index in [9.17, 15) is 0 Å². The van der Waals surface area contributed by atoms with E-state index in [1.54, 1.807) is 0 Å². The standard InChI is InChI=1S/C14H24N2/c1-10(2)11(3)9-13(5)16-8-7-12(4)15-14(16)6/h7-8,10-11,13H,6,9H2,1-5H3. The molecule has 2 unspecified atom stereocenters. The third kappa shape index (κ3) is 3.22. The Morgan fingerprint density at radius 1 is 1.31 bits per heavy atom. The highest BCUT2D eigenvalue weighted by atomic mass is 15.2. The maximum Gasteiger partial charge on any atom is 0.125 e. The maximum absolute atomic E-state index is 4.40. The van der Waals surface area contributed by atoms with Crippen LogP contribution in [-0.4, -0.2) is 16.7 Å². The van der Waals surface area contributed by atoms with E-state index in [0.29, 0.717) is 6.04 Å². The van der Waals surface area contributed by atoms with Crippen LogP contribution in [0.3, 0.4) is 0 Å². The van der Waals surface area contributed by atoms with E-state index in [-0.39, 0.29) is 0 Å². The van der Waals surface area contributed by atoms with Gasteiger partial charge in [-0.15, -0.1) is 0 Å². The molecule has 2 heteroatoms. The molecule has 0 aromatic carbocycles. The zero-order chi connectivity index (χ0) is 12.3. The van der Waals surface area contributed by atoms with E-state index < -0.39 is 0 Å². The Labute approximate surface area is 99.8 Å². The summed E-state index contributed by atoms with van der Waals surface area (Å²) in [4.78, 5) is 6.57. The van der Waals surface area contributed by atoms with Crippen LogP contribution < -0.4 is 0 Å². The molecule has 1 rings (SSSR count). The number of hydrogen-bond donors (Lipinski definition) is 0. The summed E-state index contributed by atoms with van der Waals surface area (Å²) < 4.78 is 0. The fraction of sp³-hybridized carbons (Fsp3) is 0.643. The topological polar surface area (TPSA) is 15.6 Å². The summed E-state index contributed by atoms with van der Waals surface area (Å²) in [6.07, 6.45) is 5.32. The van der Waals surface area contributed by atoms with Gasteiger partial charge < -0.3 is 4.90 Å². The second-order valence-corrected chi connectivity index (χ2v) is 5.20. The van der Waals surface area contributed by atoms with Crippen LogP contribution in [0.25, 0.3) is 0 Å². The molecule has 0 N–H and O–H groups in total. The maximum atomic E-state index is 4.40. The lowest BCUT2D eigenvalue weighted by atomic mass is 9.91. The Morgan fingerprint density at radius 2 is 1.94 bits per heavy atom. The van der Waals surface area contributed by atoms with Crippen LogP contribution in [0.4, 0.5) is 0 Å². The summed E-state index contributed by atoms with van der Waals surface area (Å²) >= 11 is 0. The molecule has 1 aliphatic heterocycles. The molecule has 1 aliphatic rings. The van der Waals surface area contributed by atoms with Gasteiger partial charge in [-0.05, 0) is 38.2 Å². The number of nitrogens with zero attached hydrogens (tertiary/aromatic N) is 2. The van der Waals surface area contributed by atoms with Crippen molar-refractivity contribution in [2.45, 2.75) is 47.1 Å². The van der Waals surface area contributed by atoms with Gasteiger partial charge in [-0.3, -0.25) is 0 Å². The summed E-state index contributed by atoms with van der Waals surface area (Å²) in [5.74, 6) is 2.32. The lowest BCUT2D eigenvalue weighted by Gasteiger charge is -2.32. The molecular formula is C14H24N2. The first-order chi connectivity index (χ1) is 7.41. The summed E-state index contributed by atoms with van der Waals surface area (Å²) in [6.45, 7) is 15.1. The molecule has 2 nitrogen and oxygen atoms in total. The molecule has 0 bridgehead atoms. The van der Waals surface area contributed by atoms with Crippen LogP contribution in [0.2, 0.25) is 0 Å². The molecule has 0 aromatic rings. The van der Waals surface area contributed by atoms with Gasteiger partial charge in [-0.1, -0.05) is 27.4 Å². The fourth-order valence-corrected chi connectivity index (χ4v) is 1.90. The van der Waals surface area contributed by atoms with Crippen LogP contribution in [-0.2, 0) is 0 Å². The SMILES string of the molecule is C=C1N=C(C)C=CN1C(C)CC(C)C(C)C. The number of aliphatic imine (C=N–C) groups is 1. The average molecular weight is 220 g/mol. The van der Waals surface area contributed by atoms with Crippen molar-refractivity contribution in [1.82, 2.24) is 4.90 Å². The first-order valence-corrected chi connectivity index (χ1v) is 6.12. The van der Waals surface area contributed by atoms with E-state index in [1.165, 1.54) is 6.42 Å². The van der Waals surface area contributed by atoms with Gasteiger partial charge in [0.15, 0.2) is 0 Å². The number of allylic oxidation sites excluding steroid dienone is 1. The fourth-order valence-electron chi connectivity index (χ4n) is 1.90. The Balaban J connectivity index is 2.59. The summed E-state index contributed by atoms with van der Waals surface area (Å²) in [5, 5.41) is 0. The van der Waals surface area contributed by atoms with Crippen molar-refractivity contribution >= 4 is 5.71 Å². The van der Waals surface area contributed by atoms with Crippen LogP contribution in [0.15, 0.2) is 29.7 Å². The smallest absolute Gasteiger partial charge is 0.125 e. The quantitative estimate of drug-likeness (QED) is 0.703. The van der Waals surface area contributed by atoms with Gasteiger partial charge in [0.05, 0.1) is 0 Å². The Hall–Kier alpha value is -1.05. The van der Waals surface area contributed by atoms with Crippen LogP contribution in [0.1, 0.15) is 41.0 Å². The Morgan fingerprint density at radius 3 is 2.44 bits per heavy atom. The summed E-state index contributed by atoms with van der Waals surface area (Å²) in [6, 6.07) is 0.470. The first kappa shape index (κ1) is 13.0. The molecule has 1 heterocycles. The molecule has 0 amide bonds. The molecule has 0 aromatic heterocycles. The third-order valence-corrected chi connectivity index (χ3v) is 3.41. The van der Waals surface area contributed by atoms with E-state index >= 15 is 0 Å². The molecule has 0 aliphatic carbocycles. The second kappa shape index (κ2) is 5.33.